The molecule has 0 aromatic carbocycles. The first-order valence-electron chi connectivity index (χ1n) is 9.88. The Morgan fingerprint density at radius 3 is 2.69 bits per heavy atom. The number of pyridine rings is 1. The van der Waals surface area contributed by atoms with Crippen molar-refractivity contribution >= 4 is 34.5 Å². The third-order valence-corrected chi connectivity index (χ3v) is 4.34. The zero-order valence-corrected chi connectivity index (χ0v) is 18.4. The van der Waals surface area contributed by atoms with E-state index in [1.165, 1.54) is 0 Å². The van der Waals surface area contributed by atoms with Crippen LogP contribution in [0, 0.1) is 5.92 Å². The van der Waals surface area contributed by atoms with Crippen LogP contribution >= 0.6 is 11.6 Å². The highest BCUT2D eigenvalue weighted by atomic mass is 35.5. The number of ether oxygens (including phenoxy) is 1. The second-order valence-corrected chi connectivity index (χ2v) is 8.13. The summed E-state index contributed by atoms with van der Waals surface area (Å²) in [6.07, 6.45) is 2.76. The highest BCUT2D eigenvalue weighted by Gasteiger charge is 2.31. The van der Waals surface area contributed by atoms with E-state index in [0.29, 0.717) is 41.5 Å². The quantitative estimate of drug-likeness (QED) is 0.725. The van der Waals surface area contributed by atoms with Gasteiger partial charge in [-0.1, -0.05) is 25.4 Å². The van der Waals surface area contributed by atoms with Crippen LogP contribution in [-0.2, 0) is 4.74 Å². The largest absolute Gasteiger partial charge is 0.444 e. The number of nitrogens with one attached hydrogen (secondary N) is 1. The van der Waals surface area contributed by atoms with Crippen molar-refractivity contribution in [3.63, 3.8) is 0 Å². The summed E-state index contributed by atoms with van der Waals surface area (Å²) >= 11 is 6.07. The number of hydrogen-bond acceptors (Lipinski definition) is 7. The van der Waals surface area contributed by atoms with Crippen molar-refractivity contribution in [3.05, 3.63) is 23.6 Å². The first-order chi connectivity index (χ1) is 13.7. The fourth-order valence-electron chi connectivity index (χ4n) is 3.10. The third-order valence-electron chi connectivity index (χ3n) is 4.15. The van der Waals surface area contributed by atoms with Crippen LogP contribution in [0.4, 0.5) is 10.6 Å². The highest BCUT2D eigenvalue weighted by Crippen LogP contribution is 2.24. The van der Waals surface area contributed by atoms with Crippen LogP contribution in [0.5, 0.6) is 0 Å². The van der Waals surface area contributed by atoms with Gasteiger partial charge in [0.1, 0.15) is 16.3 Å². The lowest BCUT2D eigenvalue weighted by atomic mass is 9.96. The number of carbonyl (C=O) groups is 1. The van der Waals surface area contributed by atoms with E-state index in [9.17, 15) is 9.90 Å². The number of amides is 1. The molecule has 2 aromatic rings. The van der Waals surface area contributed by atoms with E-state index < -0.39 is 17.8 Å². The van der Waals surface area contributed by atoms with E-state index in [-0.39, 0.29) is 12.5 Å². The van der Waals surface area contributed by atoms with Crippen LogP contribution in [0.15, 0.2) is 18.5 Å². The summed E-state index contributed by atoms with van der Waals surface area (Å²) in [5, 5.41) is 13.7. The summed E-state index contributed by atoms with van der Waals surface area (Å²) in [6, 6.07) is 1.66. The molecule has 2 aromatic heterocycles. The van der Waals surface area contributed by atoms with E-state index in [4.69, 9.17) is 16.3 Å². The molecular weight excluding hydrogens is 394 g/mol. The molecule has 29 heavy (non-hydrogen) atoms. The van der Waals surface area contributed by atoms with Gasteiger partial charge < -0.3 is 20.1 Å². The van der Waals surface area contributed by atoms with Gasteiger partial charge in [-0.3, -0.25) is 4.98 Å². The number of likely N-dealkylation sites (tertiary alicyclic amines) is 1. The standard InChI is InChI=1S/C18H24ClN5O3.C2H6/c1-18(2,3)27-17(26)24-9-11(6-12(25)10-24)8-22-16-15-13(7-14(19)23-16)20-4-5-21-15;1-2/h4-5,7,11-12,25H,6,8-10H2,1-3H3,(H,22,23);1-2H3. The van der Waals surface area contributed by atoms with E-state index in [2.05, 4.69) is 20.3 Å². The van der Waals surface area contributed by atoms with E-state index in [0.717, 1.165) is 0 Å². The minimum atomic E-state index is -0.595. The van der Waals surface area contributed by atoms with E-state index >= 15 is 0 Å². The Morgan fingerprint density at radius 1 is 1.31 bits per heavy atom. The minimum absolute atomic E-state index is 0.0359. The fourth-order valence-corrected chi connectivity index (χ4v) is 3.29. The summed E-state index contributed by atoms with van der Waals surface area (Å²) in [5.74, 6) is 0.572. The Bertz CT molecular complexity index is 827. The molecule has 0 radical (unpaired) electrons. The van der Waals surface area contributed by atoms with Gasteiger partial charge in [-0.05, 0) is 33.1 Å². The van der Waals surface area contributed by atoms with Crippen molar-refractivity contribution in [1.82, 2.24) is 19.9 Å². The molecule has 1 aliphatic heterocycles. The number of aromatic nitrogens is 3. The molecule has 9 heteroatoms. The van der Waals surface area contributed by atoms with Gasteiger partial charge in [0.2, 0.25) is 0 Å². The van der Waals surface area contributed by atoms with Gasteiger partial charge in [-0.25, -0.2) is 14.8 Å². The zero-order chi connectivity index (χ0) is 21.6. The maximum Gasteiger partial charge on any atom is 0.410 e. The van der Waals surface area contributed by atoms with Crippen LogP contribution in [0.1, 0.15) is 41.0 Å². The first-order valence-corrected chi connectivity index (χ1v) is 10.3. The lowest BCUT2D eigenvalue weighted by molar-refractivity contribution is -0.00594. The predicted octanol–water partition coefficient (Wildman–Crippen LogP) is 3.73. The molecular formula is C20H30ClN5O3. The van der Waals surface area contributed by atoms with Crippen molar-refractivity contribution in [2.45, 2.75) is 52.7 Å². The topological polar surface area (TPSA) is 100 Å². The molecule has 2 N–H and O–H groups in total. The van der Waals surface area contributed by atoms with E-state index in [1.54, 1.807) is 23.4 Å². The number of aliphatic hydroxyl groups is 1. The summed E-state index contributed by atoms with van der Waals surface area (Å²) in [6.45, 7) is 10.7. The smallest absolute Gasteiger partial charge is 0.410 e. The summed E-state index contributed by atoms with van der Waals surface area (Å²) in [5.41, 5.74) is 0.705. The number of piperidine rings is 1. The number of aliphatic hydroxyl groups excluding tert-OH is 1. The van der Waals surface area contributed by atoms with Crippen LogP contribution in [-0.4, -0.2) is 62.4 Å². The molecule has 1 saturated heterocycles. The minimum Gasteiger partial charge on any atom is -0.444 e. The van der Waals surface area contributed by atoms with Gasteiger partial charge >= 0.3 is 6.09 Å². The molecule has 0 aliphatic carbocycles. The van der Waals surface area contributed by atoms with Gasteiger partial charge in [-0.2, -0.15) is 0 Å². The molecule has 1 aliphatic rings. The highest BCUT2D eigenvalue weighted by molar-refractivity contribution is 6.30. The Labute approximate surface area is 176 Å². The normalized spacial score (nSPS) is 19.3. The predicted molar refractivity (Wildman–Crippen MR) is 114 cm³/mol. The molecule has 0 bridgehead atoms. The molecule has 1 amide bonds. The van der Waals surface area contributed by atoms with Crippen LogP contribution in [0.2, 0.25) is 5.15 Å². The van der Waals surface area contributed by atoms with E-state index in [1.807, 2.05) is 34.6 Å². The number of carbonyl (C=O) groups excluding carboxylic acids is 1. The van der Waals surface area contributed by atoms with Crippen molar-refractivity contribution in [2.24, 2.45) is 5.92 Å². The molecule has 2 atom stereocenters. The molecule has 0 saturated carbocycles. The zero-order valence-electron chi connectivity index (χ0n) is 17.6. The lowest BCUT2D eigenvalue weighted by Crippen LogP contribution is -2.49. The van der Waals surface area contributed by atoms with Gasteiger partial charge in [0.25, 0.3) is 0 Å². The van der Waals surface area contributed by atoms with Crippen molar-refractivity contribution in [3.8, 4) is 0 Å². The van der Waals surface area contributed by atoms with Crippen molar-refractivity contribution in [1.29, 1.82) is 0 Å². The number of halogens is 1. The Hall–Kier alpha value is -2.19. The maximum absolute atomic E-state index is 12.3. The third kappa shape index (κ3) is 6.68. The van der Waals surface area contributed by atoms with Crippen LogP contribution in [0.3, 0.4) is 0 Å². The molecule has 1 fully saturated rings. The Morgan fingerprint density at radius 2 is 2.00 bits per heavy atom. The number of nitrogens with zero attached hydrogens (tertiary/aromatic N) is 4. The maximum atomic E-state index is 12.3. The van der Waals surface area contributed by atoms with Gasteiger partial charge in [0.05, 0.1) is 11.6 Å². The van der Waals surface area contributed by atoms with Crippen LogP contribution < -0.4 is 5.32 Å². The van der Waals surface area contributed by atoms with Gasteiger partial charge in [0, 0.05) is 38.1 Å². The Balaban J connectivity index is 0.00000145. The first kappa shape index (κ1) is 23.1. The Kier molecular flexibility index (Phi) is 7.98. The molecule has 3 rings (SSSR count). The summed E-state index contributed by atoms with van der Waals surface area (Å²) < 4.78 is 5.42. The molecule has 3 heterocycles. The number of rotatable bonds is 3. The van der Waals surface area contributed by atoms with Gasteiger partial charge in [-0.15, -0.1) is 0 Å². The fraction of sp³-hybridized carbons (Fsp3) is 0.600. The summed E-state index contributed by atoms with van der Waals surface area (Å²) in [7, 11) is 0. The molecule has 2 unspecified atom stereocenters. The number of hydrogen-bond donors (Lipinski definition) is 2. The second kappa shape index (κ2) is 10.0. The molecule has 160 valence electrons. The molecule has 8 nitrogen and oxygen atoms in total. The van der Waals surface area contributed by atoms with Crippen molar-refractivity contribution < 1.29 is 14.6 Å². The average Bonchev–Trinajstić information content (AvgIpc) is 2.66. The van der Waals surface area contributed by atoms with Gasteiger partial charge in [0.15, 0.2) is 5.82 Å². The van der Waals surface area contributed by atoms with Crippen LogP contribution in [0.25, 0.3) is 11.0 Å². The number of β-amino-alcohol motifs (C(OH)–C–C–N with tert-alkyl or cyclic N) is 1. The monoisotopic (exact) mass is 423 g/mol. The number of anilines is 1. The molecule has 0 spiro atoms. The van der Waals surface area contributed by atoms with Crippen molar-refractivity contribution in [2.75, 3.05) is 25.0 Å². The lowest BCUT2D eigenvalue weighted by Gasteiger charge is -2.36. The second-order valence-electron chi connectivity index (χ2n) is 7.74. The summed E-state index contributed by atoms with van der Waals surface area (Å²) in [4.78, 5) is 26.7. The SMILES string of the molecule is CC.CC(C)(C)OC(=O)N1CC(O)CC(CNc2nc(Cl)cc3nccnc23)C1. The average molecular weight is 424 g/mol. The number of fused-ring (bicyclic) bond motifs is 1.